The molecule has 3 aromatic heterocycles. The Labute approximate surface area is 223 Å². The van der Waals surface area contributed by atoms with E-state index in [2.05, 4.69) is 5.10 Å². The average molecular weight is 552 g/mol. The molecule has 6 rings (SSSR count). The fraction of sp³-hybridized carbons (Fsp3) is 0.333. The van der Waals surface area contributed by atoms with Crippen molar-refractivity contribution >= 4 is 32.7 Å². The van der Waals surface area contributed by atoms with Gasteiger partial charge in [0.25, 0.3) is 11.8 Å². The van der Waals surface area contributed by atoms with Crippen molar-refractivity contribution in [2.24, 2.45) is 0 Å². The molecule has 1 atom stereocenters. The molecule has 2 aliphatic heterocycles. The van der Waals surface area contributed by atoms with E-state index in [1.165, 1.54) is 12.3 Å². The number of fused-ring (bicyclic) bond motifs is 1. The van der Waals surface area contributed by atoms with Gasteiger partial charge in [-0.15, -0.1) is 0 Å². The first-order chi connectivity index (χ1) is 18.7. The number of rotatable bonds is 4. The highest BCUT2D eigenvalue weighted by molar-refractivity contribution is 7.91. The molecule has 2 amide bonds. The zero-order valence-corrected chi connectivity index (χ0v) is 22.0. The Kier molecular flexibility index (Phi) is 6.21. The number of sulfone groups is 1. The van der Waals surface area contributed by atoms with Gasteiger partial charge in [0.2, 0.25) is 0 Å². The maximum atomic E-state index is 14.8. The van der Waals surface area contributed by atoms with Gasteiger partial charge >= 0.3 is 0 Å². The largest absolute Gasteiger partial charge is 0.459 e. The number of piperazine rings is 1. The van der Waals surface area contributed by atoms with Gasteiger partial charge in [0, 0.05) is 31.7 Å². The normalized spacial score (nSPS) is 19.1. The number of furan rings is 1. The Morgan fingerprint density at radius 1 is 1.03 bits per heavy atom. The van der Waals surface area contributed by atoms with E-state index in [-0.39, 0.29) is 40.3 Å². The van der Waals surface area contributed by atoms with Crippen LogP contribution >= 0.6 is 0 Å². The van der Waals surface area contributed by atoms with Gasteiger partial charge in [0.05, 0.1) is 46.1 Å². The number of halogens is 1. The van der Waals surface area contributed by atoms with Gasteiger partial charge in [0.1, 0.15) is 5.82 Å². The van der Waals surface area contributed by atoms with Gasteiger partial charge in [0.15, 0.2) is 21.2 Å². The van der Waals surface area contributed by atoms with Crippen molar-refractivity contribution in [2.75, 3.05) is 37.7 Å². The molecule has 1 aromatic carbocycles. The smallest absolute Gasteiger partial charge is 0.289 e. The van der Waals surface area contributed by atoms with Crippen LogP contribution in [0.15, 0.2) is 53.1 Å². The van der Waals surface area contributed by atoms with Gasteiger partial charge in [-0.05, 0) is 43.7 Å². The summed E-state index contributed by atoms with van der Waals surface area (Å²) in [7, 11) is -3.21. The first kappa shape index (κ1) is 25.2. The summed E-state index contributed by atoms with van der Waals surface area (Å²) >= 11 is 0. The lowest BCUT2D eigenvalue weighted by atomic mass is 10.0. The average Bonchev–Trinajstić information content (AvgIpc) is 3.67. The predicted octanol–water partition coefficient (Wildman–Crippen LogP) is 3.10. The van der Waals surface area contributed by atoms with Crippen molar-refractivity contribution in [1.29, 1.82) is 0 Å². The summed E-state index contributed by atoms with van der Waals surface area (Å²) in [6, 6.07) is 10.6. The molecule has 0 bridgehead atoms. The van der Waals surface area contributed by atoms with Crippen molar-refractivity contribution < 1.29 is 26.8 Å². The Morgan fingerprint density at radius 3 is 2.38 bits per heavy atom. The first-order valence-corrected chi connectivity index (χ1v) is 14.5. The number of nitrogens with zero attached hydrogens (tertiary/aromatic N) is 5. The molecule has 5 heterocycles. The number of amides is 2. The van der Waals surface area contributed by atoms with E-state index < -0.39 is 21.7 Å². The van der Waals surface area contributed by atoms with Crippen LogP contribution in [-0.2, 0) is 9.84 Å². The van der Waals surface area contributed by atoms with Gasteiger partial charge in [-0.3, -0.25) is 9.59 Å². The number of aryl methyl sites for hydroxylation is 1. The highest BCUT2D eigenvalue weighted by Gasteiger charge is 2.34. The zero-order valence-electron chi connectivity index (χ0n) is 21.2. The lowest BCUT2D eigenvalue weighted by Gasteiger charge is -2.34. The number of carbonyl (C=O) groups is 2. The Morgan fingerprint density at radius 2 is 1.74 bits per heavy atom. The predicted molar refractivity (Wildman–Crippen MR) is 140 cm³/mol. The van der Waals surface area contributed by atoms with Crippen LogP contribution in [0.5, 0.6) is 0 Å². The SMILES string of the molecule is Cc1nn(C2CCS(=O)(=O)C2)c2nc(-c3ccccc3F)cc(C(=O)N3CCN(C(=O)c4ccco4)CC3)c12. The van der Waals surface area contributed by atoms with Crippen molar-refractivity contribution in [3.63, 3.8) is 0 Å². The number of benzene rings is 1. The van der Waals surface area contributed by atoms with Gasteiger partial charge in [-0.25, -0.2) is 22.5 Å². The molecule has 2 aliphatic rings. The molecule has 0 aliphatic carbocycles. The number of hydrogen-bond donors (Lipinski definition) is 0. The molecule has 2 saturated heterocycles. The second kappa shape index (κ2) is 9.60. The number of pyridine rings is 1. The van der Waals surface area contributed by atoms with Crippen LogP contribution in [0.1, 0.15) is 39.1 Å². The second-order valence-electron chi connectivity index (χ2n) is 9.88. The Balaban J connectivity index is 1.39. The Hall–Kier alpha value is -4.06. The first-order valence-electron chi connectivity index (χ1n) is 12.7. The highest BCUT2D eigenvalue weighted by Crippen LogP contribution is 2.33. The van der Waals surface area contributed by atoms with Gasteiger partial charge < -0.3 is 14.2 Å². The fourth-order valence-electron chi connectivity index (χ4n) is 5.35. The molecule has 0 spiro atoms. The van der Waals surface area contributed by atoms with Crippen molar-refractivity contribution in [3.05, 3.63) is 71.6 Å². The topological polar surface area (TPSA) is 119 Å². The van der Waals surface area contributed by atoms with Crippen molar-refractivity contribution in [1.82, 2.24) is 24.6 Å². The molecule has 39 heavy (non-hydrogen) atoms. The third kappa shape index (κ3) is 4.58. The van der Waals surface area contributed by atoms with E-state index in [9.17, 15) is 22.4 Å². The maximum Gasteiger partial charge on any atom is 0.289 e. The summed E-state index contributed by atoms with van der Waals surface area (Å²) < 4.78 is 46.1. The lowest BCUT2D eigenvalue weighted by molar-refractivity contribution is 0.0519. The van der Waals surface area contributed by atoms with Crippen LogP contribution < -0.4 is 0 Å². The number of hydrogen-bond acceptors (Lipinski definition) is 7. The minimum Gasteiger partial charge on any atom is -0.459 e. The molecule has 10 nitrogen and oxygen atoms in total. The van der Waals surface area contributed by atoms with E-state index in [1.54, 1.807) is 57.8 Å². The van der Waals surface area contributed by atoms with E-state index in [1.807, 2.05) is 0 Å². The van der Waals surface area contributed by atoms with Gasteiger partial charge in [-0.1, -0.05) is 12.1 Å². The molecular weight excluding hydrogens is 525 g/mol. The highest BCUT2D eigenvalue weighted by atomic mass is 32.2. The van der Waals surface area contributed by atoms with E-state index in [0.717, 1.165) is 0 Å². The molecule has 2 fully saturated rings. The minimum absolute atomic E-state index is 0.0534. The summed E-state index contributed by atoms with van der Waals surface area (Å²) in [4.78, 5) is 34.6. The molecule has 12 heteroatoms. The summed E-state index contributed by atoms with van der Waals surface area (Å²) in [6.45, 7) is 3.02. The summed E-state index contributed by atoms with van der Waals surface area (Å²) in [6.07, 6.45) is 1.83. The molecule has 0 N–H and O–H groups in total. The fourth-order valence-corrected chi connectivity index (χ4v) is 7.04. The van der Waals surface area contributed by atoms with Crippen LogP contribution in [0.25, 0.3) is 22.3 Å². The molecular formula is C27H26FN5O5S. The maximum absolute atomic E-state index is 14.8. The summed E-state index contributed by atoms with van der Waals surface area (Å²) in [5.41, 5.74) is 1.69. The molecule has 4 aromatic rings. The molecule has 0 radical (unpaired) electrons. The van der Waals surface area contributed by atoms with E-state index >= 15 is 0 Å². The lowest BCUT2D eigenvalue weighted by Crippen LogP contribution is -2.50. The number of carbonyl (C=O) groups excluding carboxylic acids is 2. The van der Waals surface area contributed by atoms with Crippen LogP contribution in [-0.4, -0.2) is 82.5 Å². The quantitative estimate of drug-likeness (QED) is 0.382. The Bertz CT molecular complexity index is 1690. The standard InChI is InChI=1S/C27H26FN5O5S/c1-17-24-20(26(34)31-9-11-32(12-10-31)27(35)23-7-4-13-38-23)15-22(19-5-2-3-6-21(19)28)29-25(24)33(30-17)18-8-14-39(36,37)16-18/h2-7,13,15,18H,8-12,14,16H2,1H3. The van der Waals surface area contributed by atoms with Crippen LogP contribution in [0.4, 0.5) is 4.39 Å². The third-order valence-electron chi connectivity index (χ3n) is 7.36. The minimum atomic E-state index is -3.21. The third-order valence-corrected chi connectivity index (χ3v) is 9.11. The second-order valence-corrected chi connectivity index (χ2v) is 12.1. The summed E-state index contributed by atoms with van der Waals surface area (Å²) in [5.74, 6) is -0.770. The van der Waals surface area contributed by atoms with Crippen LogP contribution in [0.3, 0.4) is 0 Å². The number of aromatic nitrogens is 3. The van der Waals surface area contributed by atoms with Gasteiger partial charge in [-0.2, -0.15) is 5.10 Å². The van der Waals surface area contributed by atoms with Crippen molar-refractivity contribution in [2.45, 2.75) is 19.4 Å². The molecule has 1 unspecified atom stereocenters. The van der Waals surface area contributed by atoms with E-state index in [4.69, 9.17) is 9.40 Å². The van der Waals surface area contributed by atoms with Crippen LogP contribution in [0, 0.1) is 12.7 Å². The molecule has 0 saturated carbocycles. The summed E-state index contributed by atoms with van der Waals surface area (Å²) in [5, 5.41) is 5.12. The van der Waals surface area contributed by atoms with E-state index in [0.29, 0.717) is 54.9 Å². The molecule has 202 valence electrons. The van der Waals surface area contributed by atoms with Crippen LogP contribution in [0.2, 0.25) is 0 Å². The zero-order chi connectivity index (χ0) is 27.3. The van der Waals surface area contributed by atoms with Crippen molar-refractivity contribution in [3.8, 4) is 11.3 Å². The monoisotopic (exact) mass is 551 g/mol.